The van der Waals surface area contributed by atoms with Crippen molar-refractivity contribution in [3.05, 3.63) is 70.4 Å². The Hall–Kier alpha value is -2.82. The summed E-state index contributed by atoms with van der Waals surface area (Å²) >= 11 is 0. The van der Waals surface area contributed by atoms with Gasteiger partial charge in [0.2, 0.25) is 5.76 Å². The van der Waals surface area contributed by atoms with Gasteiger partial charge in [0.05, 0.1) is 18.3 Å². The van der Waals surface area contributed by atoms with Crippen LogP contribution < -0.4 is 5.43 Å². The lowest BCUT2D eigenvalue weighted by Crippen LogP contribution is -2.10. The zero-order chi connectivity index (χ0) is 14.1. The van der Waals surface area contributed by atoms with Gasteiger partial charge < -0.3 is 14.1 Å². The highest BCUT2D eigenvalue weighted by molar-refractivity contribution is 5.86. The zero-order valence-corrected chi connectivity index (χ0v) is 10.4. The van der Waals surface area contributed by atoms with E-state index in [2.05, 4.69) is 0 Å². The van der Waals surface area contributed by atoms with Gasteiger partial charge >= 0.3 is 5.97 Å². The van der Waals surface area contributed by atoms with Crippen LogP contribution in [0.1, 0.15) is 16.1 Å². The van der Waals surface area contributed by atoms with E-state index < -0.39 is 5.97 Å². The summed E-state index contributed by atoms with van der Waals surface area (Å²) in [6, 6.07) is 10.3. The first kappa shape index (κ1) is 12.2. The minimum atomic E-state index is -1.10. The average molecular weight is 269 g/mol. The third-order valence-corrected chi connectivity index (χ3v) is 3.17. The summed E-state index contributed by atoms with van der Waals surface area (Å²) in [6.45, 7) is 0.332. The van der Waals surface area contributed by atoms with E-state index in [0.717, 1.165) is 5.52 Å². The Morgan fingerprint density at radius 1 is 1.20 bits per heavy atom. The molecule has 0 fully saturated rings. The summed E-state index contributed by atoms with van der Waals surface area (Å²) in [5, 5.41) is 9.64. The maximum atomic E-state index is 11.8. The van der Waals surface area contributed by atoms with Gasteiger partial charge in [-0.3, -0.25) is 4.79 Å². The number of carboxylic acid groups (broad SMARTS) is 1. The number of pyridine rings is 1. The van der Waals surface area contributed by atoms with Crippen molar-refractivity contribution in [2.75, 3.05) is 0 Å². The number of benzene rings is 1. The minimum absolute atomic E-state index is 0.0532. The number of nitrogens with zero attached hydrogens (tertiary/aromatic N) is 1. The van der Waals surface area contributed by atoms with Crippen molar-refractivity contribution in [1.29, 1.82) is 0 Å². The summed E-state index contributed by atoms with van der Waals surface area (Å²) in [7, 11) is 0. The van der Waals surface area contributed by atoms with Crippen LogP contribution in [0.2, 0.25) is 0 Å². The number of hydrogen-bond acceptors (Lipinski definition) is 3. The van der Waals surface area contributed by atoms with Crippen LogP contribution in [0.15, 0.2) is 58.1 Å². The Bertz CT molecular complexity index is 844. The van der Waals surface area contributed by atoms with E-state index in [0.29, 0.717) is 17.5 Å². The van der Waals surface area contributed by atoms with Crippen molar-refractivity contribution in [1.82, 2.24) is 4.57 Å². The molecule has 20 heavy (non-hydrogen) atoms. The molecule has 0 aliphatic rings. The number of carbonyl (C=O) groups is 1. The highest BCUT2D eigenvalue weighted by atomic mass is 16.4. The Kier molecular flexibility index (Phi) is 2.87. The van der Waals surface area contributed by atoms with Gasteiger partial charge in [0.25, 0.3) is 0 Å². The molecule has 5 heteroatoms. The molecule has 0 radical (unpaired) electrons. The van der Waals surface area contributed by atoms with Crippen LogP contribution in [0.5, 0.6) is 0 Å². The van der Waals surface area contributed by atoms with Crippen LogP contribution >= 0.6 is 0 Å². The molecule has 1 N–H and O–H groups in total. The van der Waals surface area contributed by atoms with E-state index in [1.54, 1.807) is 24.4 Å². The fraction of sp³-hybridized carbons (Fsp3) is 0.0667. The van der Waals surface area contributed by atoms with Crippen molar-refractivity contribution in [3.8, 4) is 0 Å². The fourth-order valence-electron chi connectivity index (χ4n) is 2.23. The Morgan fingerprint density at radius 2 is 2.00 bits per heavy atom. The third kappa shape index (κ3) is 1.99. The minimum Gasteiger partial charge on any atom is -0.475 e. The number of hydrogen-bond donors (Lipinski definition) is 1. The molecule has 100 valence electrons. The quantitative estimate of drug-likeness (QED) is 0.792. The van der Waals surface area contributed by atoms with Gasteiger partial charge in [-0.1, -0.05) is 12.1 Å². The maximum Gasteiger partial charge on any atom is 0.372 e. The van der Waals surface area contributed by atoms with Gasteiger partial charge in [-0.05, 0) is 18.2 Å². The van der Waals surface area contributed by atoms with Crippen LogP contribution in [0.4, 0.5) is 0 Å². The molecule has 0 spiro atoms. The largest absolute Gasteiger partial charge is 0.475 e. The fourth-order valence-corrected chi connectivity index (χ4v) is 2.23. The summed E-state index contributed by atoms with van der Waals surface area (Å²) in [6.07, 6.45) is 3.01. The van der Waals surface area contributed by atoms with E-state index in [1.807, 2.05) is 16.7 Å². The highest BCUT2D eigenvalue weighted by Crippen LogP contribution is 2.16. The van der Waals surface area contributed by atoms with E-state index in [1.165, 1.54) is 12.3 Å². The number of carboxylic acids is 1. The molecule has 5 nitrogen and oxygen atoms in total. The third-order valence-electron chi connectivity index (χ3n) is 3.17. The van der Waals surface area contributed by atoms with Gasteiger partial charge in [-0.15, -0.1) is 0 Å². The number of aromatic carboxylic acids is 1. The number of aromatic nitrogens is 1. The number of rotatable bonds is 3. The molecule has 0 aliphatic carbocycles. The molecule has 3 aromatic rings. The van der Waals surface area contributed by atoms with Crippen molar-refractivity contribution >= 4 is 16.9 Å². The first-order valence-corrected chi connectivity index (χ1v) is 6.04. The standard InChI is InChI=1S/C15H11NO4/c17-13-5-7-16(12-4-2-1-3-11(12)13)9-10-6-8-20-14(10)15(18)19/h1-8H,9H2,(H,18,19). The molecule has 0 saturated heterocycles. The molecule has 0 amide bonds. The lowest BCUT2D eigenvalue weighted by atomic mass is 10.2. The molecular formula is C15H11NO4. The predicted molar refractivity (Wildman–Crippen MR) is 73.0 cm³/mol. The van der Waals surface area contributed by atoms with Gasteiger partial charge in [0.1, 0.15) is 0 Å². The Morgan fingerprint density at radius 3 is 2.80 bits per heavy atom. The number of para-hydroxylation sites is 1. The topological polar surface area (TPSA) is 72.4 Å². The van der Waals surface area contributed by atoms with E-state index in [-0.39, 0.29) is 11.2 Å². The van der Waals surface area contributed by atoms with Gasteiger partial charge in [0, 0.05) is 23.2 Å². The second-order valence-electron chi connectivity index (χ2n) is 4.41. The lowest BCUT2D eigenvalue weighted by Gasteiger charge is -2.09. The van der Waals surface area contributed by atoms with Crippen LogP contribution in [-0.2, 0) is 6.54 Å². The summed E-state index contributed by atoms with van der Waals surface area (Å²) in [4.78, 5) is 22.8. The molecule has 0 atom stereocenters. The van der Waals surface area contributed by atoms with Crippen molar-refractivity contribution < 1.29 is 14.3 Å². The van der Waals surface area contributed by atoms with Crippen molar-refractivity contribution in [2.24, 2.45) is 0 Å². The average Bonchev–Trinajstić information content (AvgIpc) is 2.91. The van der Waals surface area contributed by atoms with E-state index >= 15 is 0 Å². The van der Waals surface area contributed by atoms with Crippen LogP contribution in [0.3, 0.4) is 0 Å². The Balaban J connectivity index is 2.12. The summed E-state index contributed by atoms with van der Waals surface area (Å²) < 4.78 is 6.79. The van der Waals surface area contributed by atoms with Crippen molar-refractivity contribution in [3.63, 3.8) is 0 Å². The van der Waals surface area contributed by atoms with Crippen LogP contribution in [-0.4, -0.2) is 15.6 Å². The second-order valence-corrected chi connectivity index (χ2v) is 4.41. The molecular weight excluding hydrogens is 258 g/mol. The normalized spacial score (nSPS) is 10.8. The first-order valence-electron chi connectivity index (χ1n) is 6.04. The number of furan rings is 1. The monoisotopic (exact) mass is 269 g/mol. The molecule has 2 heterocycles. The summed E-state index contributed by atoms with van der Waals surface area (Å²) in [5.74, 6) is -1.18. The van der Waals surface area contributed by atoms with E-state index in [9.17, 15) is 9.59 Å². The Labute approximate surface area is 113 Å². The molecule has 0 bridgehead atoms. The molecule has 3 rings (SSSR count). The van der Waals surface area contributed by atoms with Crippen LogP contribution in [0, 0.1) is 0 Å². The second kappa shape index (κ2) is 4.70. The molecule has 0 saturated carbocycles. The smallest absolute Gasteiger partial charge is 0.372 e. The molecule has 0 aliphatic heterocycles. The molecule has 2 aromatic heterocycles. The predicted octanol–water partition coefficient (Wildman–Crippen LogP) is 2.34. The van der Waals surface area contributed by atoms with Crippen molar-refractivity contribution in [2.45, 2.75) is 6.54 Å². The maximum absolute atomic E-state index is 11.8. The zero-order valence-electron chi connectivity index (χ0n) is 10.4. The van der Waals surface area contributed by atoms with Crippen LogP contribution in [0.25, 0.3) is 10.9 Å². The first-order chi connectivity index (χ1) is 9.66. The van der Waals surface area contributed by atoms with E-state index in [4.69, 9.17) is 9.52 Å². The highest BCUT2D eigenvalue weighted by Gasteiger charge is 2.14. The van der Waals surface area contributed by atoms with Gasteiger partial charge in [0.15, 0.2) is 5.43 Å². The summed E-state index contributed by atoms with van der Waals surface area (Å²) in [5.41, 5.74) is 1.27. The molecule has 0 unspecified atom stereocenters. The number of fused-ring (bicyclic) bond motifs is 1. The SMILES string of the molecule is O=C(O)c1occc1Cn1ccc(=O)c2ccccc21. The molecule has 1 aromatic carbocycles. The van der Waals surface area contributed by atoms with Gasteiger partial charge in [-0.25, -0.2) is 4.79 Å². The lowest BCUT2D eigenvalue weighted by molar-refractivity contribution is 0.0660. The van der Waals surface area contributed by atoms with Gasteiger partial charge in [-0.2, -0.15) is 0 Å².